The monoisotopic (exact) mass is 344 g/mol. The molecule has 6 heteroatoms. The summed E-state index contributed by atoms with van der Waals surface area (Å²) < 4.78 is 22.4. The molecule has 23 heavy (non-hydrogen) atoms. The average Bonchev–Trinajstić information content (AvgIpc) is 2.52. The number of primary sulfonamides is 1. The molecule has 1 aliphatic carbocycles. The number of likely N-dealkylation sites (tertiary alicyclic amines) is 1. The van der Waals surface area contributed by atoms with Gasteiger partial charge in [0.2, 0.25) is 15.9 Å². The fourth-order valence-electron chi connectivity index (χ4n) is 4.17. The van der Waals surface area contributed by atoms with Gasteiger partial charge in [0.1, 0.15) is 0 Å². The molecule has 0 bridgehead atoms. The highest BCUT2D eigenvalue weighted by Gasteiger charge is 2.30. The van der Waals surface area contributed by atoms with Gasteiger partial charge in [-0.1, -0.05) is 39.0 Å². The molecule has 2 rings (SSSR count). The van der Waals surface area contributed by atoms with Crippen LogP contribution in [0.15, 0.2) is 0 Å². The van der Waals surface area contributed by atoms with E-state index in [1.807, 2.05) is 4.90 Å². The van der Waals surface area contributed by atoms with E-state index in [2.05, 4.69) is 6.92 Å². The van der Waals surface area contributed by atoms with E-state index >= 15 is 0 Å². The molecule has 0 aromatic heterocycles. The van der Waals surface area contributed by atoms with E-state index in [0.717, 1.165) is 31.6 Å². The zero-order valence-electron chi connectivity index (χ0n) is 14.4. The first-order valence-corrected chi connectivity index (χ1v) is 10.9. The Kier molecular flexibility index (Phi) is 6.89. The standard InChI is InChI=1S/C17H32N2O3S/c1-2-16(12-14-6-4-3-5-7-14)17(20)19-10-8-15(9-11-19)13-23(18,21)22/h14-16H,2-13H2,1H3,(H2,18,21,22)/t16-/m0/s1. The molecule has 0 aromatic carbocycles. The second-order valence-electron chi connectivity index (χ2n) is 7.44. The summed E-state index contributed by atoms with van der Waals surface area (Å²) in [6, 6.07) is 0. The molecule has 2 N–H and O–H groups in total. The van der Waals surface area contributed by atoms with E-state index in [1.54, 1.807) is 0 Å². The quantitative estimate of drug-likeness (QED) is 0.804. The normalized spacial score (nSPS) is 23.0. The molecule has 2 fully saturated rings. The summed E-state index contributed by atoms with van der Waals surface area (Å²) >= 11 is 0. The van der Waals surface area contributed by atoms with Gasteiger partial charge in [-0.3, -0.25) is 4.79 Å². The maximum atomic E-state index is 12.8. The lowest BCUT2D eigenvalue weighted by atomic mass is 9.81. The first-order chi connectivity index (χ1) is 10.9. The summed E-state index contributed by atoms with van der Waals surface area (Å²) in [5.41, 5.74) is 0. The maximum absolute atomic E-state index is 12.8. The van der Waals surface area contributed by atoms with Crippen LogP contribution in [-0.4, -0.2) is 38.1 Å². The van der Waals surface area contributed by atoms with Crippen molar-refractivity contribution in [2.45, 2.75) is 64.7 Å². The van der Waals surface area contributed by atoms with Gasteiger partial charge in [0.05, 0.1) is 5.75 Å². The molecule has 1 saturated heterocycles. The fourth-order valence-corrected chi connectivity index (χ4v) is 5.16. The molecule has 134 valence electrons. The number of carbonyl (C=O) groups is 1. The average molecular weight is 345 g/mol. The summed E-state index contributed by atoms with van der Waals surface area (Å²) in [5, 5.41) is 5.13. The predicted octanol–water partition coefficient (Wildman–Crippen LogP) is 2.51. The molecule has 0 radical (unpaired) electrons. The van der Waals surface area contributed by atoms with E-state index in [-0.39, 0.29) is 23.5 Å². The van der Waals surface area contributed by atoms with Gasteiger partial charge in [0.15, 0.2) is 0 Å². The molecule has 1 aliphatic heterocycles. The van der Waals surface area contributed by atoms with Crippen LogP contribution in [0.2, 0.25) is 0 Å². The van der Waals surface area contributed by atoms with Crippen LogP contribution < -0.4 is 5.14 Å². The van der Waals surface area contributed by atoms with E-state index in [4.69, 9.17) is 5.14 Å². The minimum atomic E-state index is -3.41. The van der Waals surface area contributed by atoms with Crippen LogP contribution in [-0.2, 0) is 14.8 Å². The van der Waals surface area contributed by atoms with Crippen molar-refractivity contribution in [3.05, 3.63) is 0 Å². The third-order valence-corrected chi connectivity index (χ3v) is 6.51. The lowest BCUT2D eigenvalue weighted by Crippen LogP contribution is -2.43. The fraction of sp³-hybridized carbons (Fsp3) is 0.941. The number of carbonyl (C=O) groups excluding carboxylic acids is 1. The first kappa shape index (κ1) is 18.7. The smallest absolute Gasteiger partial charge is 0.225 e. The van der Waals surface area contributed by atoms with Gasteiger partial charge >= 0.3 is 0 Å². The van der Waals surface area contributed by atoms with Crippen molar-refractivity contribution in [1.29, 1.82) is 0 Å². The summed E-state index contributed by atoms with van der Waals surface area (Å²) in [4.78, 5) is 14.7. The Morgan fingerprint density at radius 2 is 1.70 bits per heavy atom. The largest absolute Gasteiger partial charge is 0.342 e. The molecule has 1 saturated carbocycles. The highest BCUT2D eigenvalue weighted by molar-refractivity contribution is 7.89. The maximum Gasteiger partial charge on any atom is 0.225 e. The molecule has 1 atom stereocenters. The van der Waals surface area contributed by atoms with Crippen LogP contribution in [0.4, 0.5) is 0 Å². The molecular formula is C17H32N2O3S. The number of nitrogens with two attached hydrogens (primary N) is 1. The van der Waals surface area contributed by atoms with Crippen molar-refractivity contribution in [2.75, 3.05) is 18.8 Å². The number of sulfonamides is 1. The first-order valence-electron chi connectivity index (χ1n) is 9.18. The SMILES string of the molecule is CC[C@@H](CC1CCCCC1)C(=O)N1CCC(CS(N)(=O)=O)CC1. The molecule has 0 aromatic rings. The lowest BCUT2D eigenvalue weighted by molar-refractivity contribution is -0.137. The molecule has 0 spiro atoms. The lowest BCUT2D eigenvalue weighted by Gasteiger charge is -2.35. The highest BCUT2D eigenvalue weighted by Crippen LogP contribution is 2.31. The molecule has 1 amide bonds. The Morgan fingerprint density at radius 3 is 2.22 bits per heavy atom. The van der Waals surface area contributed by atoms with Crippen molar-refractivity contribution in [3.8, 4) is 0 Å². The highest BCUT2D eigenvalue weighted by atomic mass is 32.2. The van der Waals surface area contributed by atoms with Crippen LogP contribution in [0.3, 0.4) is 0 Å². The Bertz CT molecular complexity index is 478. The van der Waals surface area contributed by atoms with Gasteiger partial charge in [-0.15, -0.1) is 0 Å². The summed E-state index contributed by atoms with van der Waals surface area (Å²) in [6.07, 6.45) is 9.98. The van der Waals surface area contributed by atoms with Crippen molar-refractivity contribution >= 4 is 15.9 Å². The van der Waals surface area contributed by atoms with Gasteiger partial charge in [-0.05, 0) is 37.5 Å². The zero-order chi connectivity index (χ0) is 16.9. The summed E-state index contributed by atoms with van der Waals surface area (Å²) in [6.45, 7) is 3.47. The van der Waals surface area contributed by atoms with Gasteiger partial charge in [0.25, 0.3) is 0 Å². The second kappa shape index (κ2) is 8.47. The molecule has 2 aliphatic rings. The minimum Gasteiger partial charge on any atom is -0.342 e. The van der Waals surface area contributed by atoms with Gasteiger partial charge in [-0.25, -0.2) is 13.6 Å². The molecular weight excluding hydrogens is 312 g/mol. The molecule has 0 unspecified atom stereocenters. The Hall–Kier alpha value is -0.620. The van der Waals surface area contributed by atoms with Crippen molar-refractivity contribution in [1.82, 2.24) is 4.90 Å². The Labute approximate surface area is 141 Å². The van der Waals surface area contributed by atoms with Crippen molar-refractivity contribution < 1.29 is 13.2 Å². The van der Waals surface area contributed by atoms with E-state index in [9.17, 15) is 13.2 Å². The minimum absolute atomic E-state index is 0.0499. The molecule has 5 nitrogen and oxygen atoms in total. The summed E-state index contributed by atoms with van der Waals surface area (Å²) in [5.74, 6) is 1.30. The zero-order valence-corrected chi connectivity index (χ0v) is 15.2. The van der Waals surface area contributed by atoms with Crippen LogP contribution in [0, 0.1) is 17.8 Å². The topological polar surface area (TPSA) is 80.5 Å². The third-order valence-electron chi connectivity index (χ3n) is 5.58. The van der Waals surface area contributed by atoms with Crippen molar-refractivity contribution in [2.24, 2.45) is 22.9 Å². The predicted molar refractivity (Wildman–Crippen MR) is 92.3 cm³/mol. The number of hydrogen-bond acceptors (Lipinski definition) is 3. The van der Waals surface area contributed by atoms with E-state index in [0.29, 0.717) is 13.1 Å². The van der Waals surface area contributed by atoms with Crippen LogP contribution in [0.25, 0.3) is 0 Å². The number of amides is 1. The van der Waals surface area contributed by atoms with Crippen LogP contribution in [0.1, 0.15) is 64.7 Å². The molecule has 1 heterocycles. The second-order valence-corrected chi connectivity index (χ2v) is 9.10. The van der Waals surface area contributed by atoms with Gasteiger partial charge < -0.3 is 4.90 Å². The third kappa shape index (κ3) is 6.07. The number of rotatable bonds is 6. The Morgan fingerprint density at radius 1 is 1.09 bits per heavy atom. The van der Waals surface area contributed by atoms with E-state index < -0.39 is 10.0 Å². The van der Waals surface area contributed by atoms with Crippen LogP contribution >= 0.6 is 0 Å². The summed E-state index contributed by atoms with van der Waals surface area (Å²) in [7, 11) is -3.41. The number of nitrogens with zero attached hydrogens (tertiary/aromatic N) is 1. The van der Waals surface area contributed by atoms with Crippen molar-refractivity contribution in [3.63, 3.8) is 0 Å². The van der Waals surface area contributed by atoms with E-state index in [1.165, 1.54) is 32.1 Å². The number of piperidine rings is 1. The van der Waals surface area contributed by atoms with Crippen LogP contribution in [0.5, 0.6) is 0 Å². The number of hydrogen-bond donors (Lipinski definition) is 1. The van der Waals surface area contributed by atoms with Gasteiger partial charge in [-0.2, -0.15) is 0 Å². The Balaban J connectivity index is 1.82. The van der Waals surface area contributed by atoms with Gasteiger partial charge in [0, 0.05) is 19.0 Å².